The van der Waals surface area contributed by atoms with Crippen LogP contribution in [0.2, 0.25) is 0 Å². The van der Waals surface area contributed by atoms with Crippen molar-refractivity contribution in [2.45, 2.75) is 30.6 Å². The van der Waals surface area contributed by atoms with E-state index < -0.39 is 10.0 Å². The lowest BCUT2D eigenvalue weighted by atomic mass is 10.2. The highest BCUT2D eigenvalue weighted by molar-refractivity contribution is 9.10. The lowest BCUT2D eigenvalue weighted by Crippen LogP contribution is -2.31. The third-order valence-electron chi connectivity index (χ3n) is 4.73. The maximum Gasteiger partial charge on any atom is 0.255 e. The number of nitrogens with zero attached hydrogens (tertiary/aromatic N) is 1. The van der Waals surface area contributed by atoms with Crippen LogP contribution in [-0.4, -0.2) is 38.8 Å². The van der Waals surface area contributed by atoms with Crippen LogP contribution in [-0.2, 0) is 10.0 Å². The van der Waals surface area contributed by atoms with E-state index in [2.05, 4.69) is 21.2 Å². The Bertz CT molecular complexity index is 937. The molecule has 2 aromatic rings. The molecule has 0 aromatic heterocycles. The Kier molecular flexibility index (Phi) is 6.74. The molecule has 1 saturated heterocycles. The van der Waals surface area contributed by atoms with Crippen molar-refractivity contribution in [1.82, 2.24) is 4.31 Å². The van der Waals surface area contributed by atoms with Gasteiger partial charge in [0.25, 0.3) is 5.91 Å². The van der Waals surface area contributed by atoms with Crippen molar-refractivity contribution in [2.24, 2.45) is 0 Å². The van der Waals surface area contributed by atoms with Crippen molar-refractivity contribution in [2.75, 3.05) is 25.5 Å². The number of amides is 1. The van der Waals surface area contributed by atoms with Crippen LogP contribution in [0.5, 0.6) is 5.75 Å². The van der Waals surface area contributed by atoms with Gasteiger partial charge >= 0.3 is 0 Å². The van der Waals surface area contributed by atoms with E-state index in [-0.39, 0.29) is 10.8 Å². The number of ether oxygens (including phenoxy) is 1. The highest BCUT2D eigenvalue weighted by Gasteiger charge is 2.25. The maximum absolute atomic E-state index is 12.8. The van der Waals surface area contributed by atoms with E-state index in [1.807, 2.05) is 0 Å². The Morgan fingerprint density at radius 3 is 2.25 bits per heavy atom. The number of sulfonamides is 1. The second kappa shape index (κ2) is 9.07. The van der Waals surface area contributed by atoms with Gasteiger partial charge in [-0.3, -0.25) is 4.79 Å². The first-order valence-corrected chi connectivity index (χ1v) is 11.4. The highest BCUT2D eigenvalue weighted by atomic mass is 79.9. The summed E-state index contributed by atoms with van der Waals surface area (Å²) in [6, 6.07) is 11.3. The average molecular weight is 467 g/mol. The summed E-state index contributed by atoms with van der Waals surface area (Å²) in [4.78, 5) is 12.7. The van der Waals surface area contributed by atoms with Gasteiger partial charge in [0.2, 0.25) is 10.0 Å². The van der Waals surface area contributed by atoms with Gasteiger partial charge < -0.3 is 10.1 Å². The third kappa shape index (κ3) is 4.74. The molecule has 0 atom stereocenters. The van der Waals surface area contributed by atoms with Crippen molar-refractivity contribution in [3.05, 3.63) is 52.5 Å². The standard InChI is InChI=1S/C20H23BrN2O4S/c1-27-19-11-6-15(14-18(19)21)20(24)22-16-7-9-17(10-8-16)28(25,26)23-12-4-2-3-5-13-23/h6-11,14H,2-5,12-13H2,1H3,(H,22,24). The molecular weight excluding hydrogens is 444 g/mol. The highest BCUT2D eigenvalue weighted by Crippen LogP contribution is 2.26. The number of hydrogen-bond acceptors (Lipinski definition) is 4. The lowest BCUT2D eigenvalue weighted by molar-refractivity contribution is 0.102. The van der Waals surface area contributed by atoms with Gasteiger partial charge in [-0.05, 0) is 71.2 Å². The molecule has 0 unspecified atom stereocenters. The largest absolute Gasteiger partial charge is 0.496 e. The first kappa shape index (κ1) is 20.8. The zero-order valence-electron chi connectivity index (χ0n) is 15.7. The van der Waals surface area contributed by atoms with E-state index in [1.165, 1.54) is 0 Å². The number of methoxy groups -OCH3 is 1. The quantitative estimate of drug-likeness (QED) is 0.713. The Balaban J connectivity index is 1.71. The molecule has 1 aliphatic rings. The van der Waals surface area contributed by atoms with Crippen molar-refractivity contribution in [3.63, 3.8) is 0 Å². The van der Waals surface area contributed by atoms with Crippen LogP contribution >= 0.6 is 15.9 Å². The zero-order chi connectivity index (χ0) is 20.1. The Labute approximate surface area is 174 Å². The van der Waals surface area contributed by atoms with Crippen molar-refractivity contribution in [1.29, 1.82) is 0 Å². The van der Waals surface area contributed by atoms with Gasteiger partial charge in [-0.2, -0.15) is 4.31 Å². The summed E-state index contributed by atoms with van der Waals surface area (Å²) in [6.45, 7) is 1.13. The molecule has 150 valence electrons. The fourth-order valence-corrected chi connectivity index (χ4v) is 5.21. The Morgan fingerprint density at radius 1 is 1.04 bits per heavy atom. The van der Waals surface area contributed by atoms with E-state index in [4.69, 9.17) is 4.74 Å². The summed E-state index contributed by atoms with van der Waals surface area (Å²) in [6.07, 6.45) is 3.92. The molecule has 0 saturated carbocycles. The van der Waals surface area contributed by atoms with Gasteiger partial charge in [0.15, 0.2) is 0 Å². The Hall–Kier alpha value is -1.90. The molecular formula is C20H23BrN2O4S. The molecule has 2 aromatic carbocycles. The smallest absolute Gasteiger partial charge is 0.255 e. The molecule has 6 nitrogen and oxygen atoms in total. The molecule has 1 fully saturated rings. The minimum Gasteiger partial charge on any atom is -0.496 e. The fourth-order valence-electron chi connectivity index (χ4n) is 3.15. The SMILES string of the molecule is COc1ccc(C(=O)Nc2ccc(S(=O)(=O)N3CCCCCC3)cc2)cc1Br. The summed E-state index contributed by atoms with van der Waals surface area (Å²) in [5, 5.41) is 2.78. The van der Waals surface area contributed by atoms with Gasteiger partial charge in [0.1, 0.15) is 5.75 Å². The number of hydrogen-bond donors (Lipinski definition) is 1. The van der Waals surface area contributed by atoms with Crippen LogP contribution in [0.25, 0.3) is 0 Å². The second-order valence-electron chi connectivity index (χ2n) is 6.65. The number of rotatable bonds is 5. The Morgan fingerprint density at radius 2 is 1.68 bits per heavy atom. The molecule has 1 N–H and O–H groups in total. The van der Waals surface area contributed by atoms with Gasteiger partial charge in [-0.15, -0.1) is 0 Å². The molecule has 0 spiro atoms. The van der Waals surface area contributed by atoms with Crippen LogP contribution < -0.4 is 10.1 Å². The lowest BCUT2D eigenvalue weighted by Gasteiger charge is -2.20. The van der Waals surface area contributed by atoms with Gasteiger partial charge in [0, 0.05) is 24.3 Å². The molecule has 8 heteroatoms. The minimum atomic E-state index is -3.50. The number of nitrogens with one attached hydrogen (secondary N) is 1. The van der Waals surface area contributed by atoms with Crippen molar-refractivity contribution < 1.29 is 17.9 Å². The number of benzene rings is 2. The molecule has 1 aliphatic heterocycles. The van der Waals surface area contributed by atoms with Gasteiger partial charge in [-0.25, -0.2) is 8.42 Å². The van der Waals surface area contributed by atoms with Crippen LogP contribution in [0.3, 0.4) is 0 Å². The van der Waals surface area contributed by atoms with E-state index in [1.54, 1.807) is 53.9 Å². The summed E-state index contributed by atoms with van der Waals surface area (Å²) in [5.74, 6) is 0.353. The van der Waals surface area contributed by atoms with Gasteiger partial charge in [-0.1, -0.05) is 12.8 Å². The van der Waals surface area contributed by atoms with Crippen molar-refractivity contribution in [3.8, 4) is 5.75 Å². The summed E-state index contributed by atoms with van der Waals surface area (Å²) < 4.78 is 33.0. The summed E-state index contributed by atoms with van der Waals surface area (Å²) in [7, 11) is -1.94. The first-order chi connectivity index (χ1) is 13.4. The fraction of sp³-hybridized carbons (Fsp3) is 0.350. The summed E-state index contributed by atoms with van der Waals surface area (Å²) >= 11 is 3.36. The number of carbonyl (C=O) groups is 1. The minimum absolute atomic E-state index is 0.250. The molecule has 0 radical (unpaired) electrons. The normalized spacial score (nSPS) is 15.6. The third-order valence-corrected chi connectivity index (χ3v) is 7.26. The predicted molar refractivity (Wildman–Crippen MR) is 112 cm³/mol. The molecule has 1 amide bonds. The second-order valence-corrected chi connectivity index (χ2v) is 9.44. The topological polar surface area (TPSA) is 75.7 Å². The van der Waals surface area contributed by atoms with Crippen molar-refractivity contribution >= 4 is 37.5 Å². The zero-order valence-corrected chi connectivity index (χ0v) is 18.1. The molecule has 1 heterocycles. The number of halogens is 1. The van der Waals surface area contributed by atoms with Crippen LogP contribution in [0.1, 0.15) is 36.0 Å². The molecule has 3 rings (SSSR count). The number of carbonyl (C=O) groups excluding carboxylic acids is 1. The first-order valence-electron chi connectivity index (χ1n) is 9.17. The maximum atomic E-state index is 12.8. The molecule has 0 bridgehead atoms. The van der Waals surface area contributed by atoms with E-state index in [0.29, 0.717) is 34.6 Å². The molecule has 0 aliphatic carbocycles. The van der Waals surface area contributed by atoms with Gasteiger partial charge in [0.05, 0.1) is 16.5 Å². The number of anilines is 1. The average Bonchev–Trinajstić information content (AvgIpc) is 2.98. The van der Waals surface area contributed by atoms with E-state index in [0.717, 1.165) is 25.7 Å². The van der Waals surface area contributed by atoms with E-state index in [9.17, 15) is 13.2 Å². The molecule has 28 heavy (non-hydrogen) atoms. The summed E-state index contributed by atoms with van der Waals surface area (Å²) in [5.41, 5.74) is 1.00. The van der Waals surface area contributed by atoms with Crippen LogP contribution in [0.4, 0.5) is 5.69 Å². The van der Waals surface area contributed by atoms with Crippen LogP contribution in [0, 0.1) is 0 Å². The predicted octanol–water partition coefficient (Wildman–Crippen LogP) is 4.27. The van der Waals surface area contributed by atoms with E-state index >= 15 is 0 Å². The van der Waals surface area contributed by atoms with Crippen LogP contribution in [0.15, 0.2) is 51.8 Å². The monoisotopic (exact) mass is 466 g/mol.